The van der Waals surface area contributed by atoms with Crippen LogP contribution in [0, 0.1) is 13.8 Å². The van der Waals surface area contributed by atoms with Crippen LogP contribution in [0.25, 0.3) is 0 Å². The molecule has 2 aromatic carbocycles. The van der Waals surface area contributed by atoms with Gasteiger partial charge in [-0.1, -0.05) is 12.1 Å². The molecule has 0 unspecified atom stereocenters. The Bertz CT molecular complexity index is 865. The fourth-order valence-electron chi connectivity index (χ4n) is 3.28. The van der Waals surface area contributed by atoms with E-state index >= 15 is 0 Å². The average molecular weight is 434 g/mol. The largest absolute Gasteiger partial charge is 0.513 e. The Kier molecular flexibility index (Phi) is 8.35. The molecule has 0 atom stereocenters. The van der Waals surface area contributed by atoms with Crippen LogP contribution in [-0.2, 0) is 4.74 Å². The lowest BCUT2D eigenvalue weighted by Gasteiger charge is -2.37. The molecule has 1 N–H and O–H groups in total. The Morgan fingerprint density at radius 2 is 1.67 bits per heavy atom. The van der Waals surface area contributed by atoms with Crippen LogP contribution < -0.4 is 15.0 Å². The minimum Gasteiger partial charge on any atom is -0.434 e. The molecular weight excluding hydrogens is 406 g/mol. The second kappa shape index (κ2) is 10.7. The Hall–Kier alpha value is -2.93. The molecule has 0 spiro atoms. The molecule has 3 rings (SSSR count). The van der Waals surface area contributed by atoms with Crippen molar-refractivity contribution in [2.45, 2.75) is 20.8 Å². The van der Waals surface area contributed by atoms with E-state index in [9.17, 15) is 9.59 Å². The highest BCUT2D eigenvalue weighted by Crippen LogP contribution is 2.24. The molecule has 1 fully saturated rings. The number of benzene rings is 2. The van der Waals surface area contributed by atoms with Crippen molar-refractivity contribution in [3.05, 3.63) is 53.6 Å². The van der Waals surface area contributed by atoms with Gasteiger partial charge in [0, 0.05) is 37.6 Å². The lowest BCUT2D eigenvalue weighted by atomic mass is 10.1. The number of anilines is 2. The number of nitrogens with zero attached hydrogens (tertiary/aromatic N) is 2. The number of rotatable bonds is 4. The van der Waals surface area contributed by atoms with Gasteiger partial charge in [0.1, 0.15) is 5.75 Å². The summed E-state index contributed by atoms with van der Waals surface area (Å²) in [4.78, 5) is 28.0. The number of carbonyl (C=O) groups excluding carboxylic acids is 2. The first-order valence-electron chi connectivity index (χ1n) is 9.79. The van der Waals surface area contributed by atoms with Crippen LogP contribution >= 0.6 is 12.4 Å². The van der Waals surface area contributed by atoms with E-state index in [4.69, 9.17) is 9.47 Å². The molecule has 0 aromatic heterocycles. The highest BCUT2D eigenvalue weighted by molar-refractivity contribution is 5.89. The standard InChI is InChI=1S/C22H27N3O4.ClH/c1-4-28-22(27)29-19-10-8-18(9-11-19)23-21(26)25-14-12-24(13-15-25)20-7-5-6-16(2)17(20)3;/h5-11H,4,12-15H2,1-3H3,(H,23,26);1H. The second-order valence-corrected chi connectivity index (χ2v) is 6.93. The zero-order valence-corrected chi connectivity index (χ0v) is 18.3. The molecule has 162 valence electrons. The number of nitrogens with one attached hydrogen (secondary N) is 1. The van der Waals surface area contributed by atoms with Crippen molar-refractivity contribution in [2.75, 3.05) is 43.0 Å². The molecule has 1 heterocycles. The van der Waals surface area contributed by atoms with Crippen molar-refractivity contribution in [3.63, 3.8) is 0 Å². The van der Waals surface area contributed by atoms with E-state index < -0.39 is 6.16 Å². The number of amides is 2. The molecule has 0 bridgehead atoms. The van der Waals surface area contributed by atoms with Gasteiger partial charge in [0.2, 0.25) is 0 Å². The van der Waals surface area contributed by atoms with Crippen LogP contribution in [0.2, 0.25) is 0 Å². The monoisotopic (exact) mass is 433 g/mol. The molecule has 2 amide bonds. The summed E-state index contributed by atoms with van der Waals surface area (Å²) >= 11 is 0. The third-order valence-electron chi connectivity index (χ3n) is 5.05. The predicted molar refractivity (Wildman–Crippen MR) is 120 cm³/mol. The van der Waals surface area contributed by atoms with Crippen LogP contribution in [0.4, 0.5) is 21.0 Å². The fourth-order valence-corrected chi connectivity index (χ4v) is 3.28. The summed E-state index contributed by atoms with van der Waals surface area (Å²) in [5, 5.41) is 2.89. The van der Waals surface area contributed by atoms with Crippen LogP contribution in [0.5, 0.6) is 5.75 Å². The highest BCUT2D eigenvalue weighted by Gasteiger charge is 2.22. The van der Waals surface area contributed by atoms with Crippen molar-refractivity contribution in [2.24, 2.45) is 0 Å². The van der Waals surface area contributed by atoms with E-state index in [-0.39, 0.29) is 25.0 Å². The van der Waals surface area contributed by atoms with Crippen molar-refractivity contribution >= 4 is 36.0 Å². The quantitative estimate of drug-likeness (QED) is 0.563. The third kappa shape index (κ3) is 5.79. The number of urea groups is 1. The Balaban J connectivity index is 0.00000320. The summed E-state index contributed by atoms with van der Waals surface area (Å²) in [6.45, 7) is 9.12. The number of hydrogen-bond acceptors (Lipinski definition) is 5. The number of piperazine rings is 1. The molecule has 1 aliphatic rings. The SMILES string of the molecule is CCOC(=O)Oc1ccc(NC(=O)N2CCN(c3cccc(C)c3C)CC2)cc1.Cl. The second-order valence-electron chi connectivity index (χ2n) is 6.93. The van der Waals surface area contributed by atoms with Gasteiger partial charge in [-0.2, -0.15) is 0 Å². The van der Waals surface area contributed by atoms with Crippen molar-refractivity contribution in [1.29, 1.82) is 0 Å². The van der Waals surface area contributed by atoms with E-state index in [1.165, 1.54) is 16.8 Å². The van der Waals surface area contributed by atoms with Crippen molar-refractivity contribution in [3.8, 4) is 5.75 Å². The smallest absolute Gasteiger partial charge is 0.434 e. The molecule has 1 saturated heterocycles. The first-order chi connectivity index (χ1) is 14.0. The van der Waals surface area contributed by atoms with Gasteiger partial charge in [-0.15, -0.1) is 12.4 Å². The molecule has 30 heavy (non-hydrogen) atoms. The Morgan fingerprint density at radius 3 is 2.30 bits per heavy atom. The summed E-state index contributed by atoms with van der Waals surface area (Å²) in [6.07, 6.45) is -0.744. The minimum atomic E-state index is -0.744. The summed E-state index contributed by atoms with van der Waals surface area (Å²) in [7, 11) is 0. The van der Waals surface area contributed by atoms with Gasteiger partial charge in [0.05, 0.1) is 6.61 Å². The predicted octanol–water partition coefficient (Wildman–Crippen LogP) is 4.61. The van der Waals surface area contributed by atoms with Crippen molar-refractivity contribution < 1.29 is 19.1 Å². The average Bonchev–Trinajstić information content (AvgIpc) is 2.72. The van der Waals surface area contributed by atoms with Crippen LogP contribution in [0.3, 0.4) is 0 Å². The molecule has 0 radical (unpaired) electrons. The van der Waals surface area contributed by atoms with E-state index in [0.29, 0.717) is 24.5 Å². The van der Waals surface area contributed by atoms with E-state index in [1.807, 2.05) is 4.90 Å². The topological polar surface area (TPSA) is 71.1 Å². The summed E-state index contributed by atoms with van der Waals surface area (Å²) in [5.74, 6) is 0.364. The Labute approximate surface area is 183 Å². The maximum Gasteiger partial charge on any atom is 0.513 e. The van der Waals surface area contributed by atoms with Gasteiger partial charge in [0.25, 0.3) is 0 Å². The van der Waals surface area contributed by atoms with E-state index in [1.54, 1.807) is 31.2 Å². The normalized spacial score (nSPS) is 13.3. The van der Waals surface area contributed by atoms with E-state index in [0.717, 1.165) is 13.1 Å². The van der Waals surface area contributed by atoms with Crippen molar-refractivity contribution in [1.82, 2.24) is 4.90 Å². The third-order valence-corrected chi connectivity index (χ3v) is 5.05. The highest BCUT2D eigenvalue weighted by atomic mass is 35.5. The summed E-state index contributed by atoms with van der Waals surface area (Å²) in [5.41, 5.74) is 4.44. The maximum atomic E-state index is 12.6. The maximum absolute atomic E-state index is 12.6. The summed E-state index contributed by atoms with van der Waals surface area (Å²) < 4.78 is 9.75. The molecule has 0 aliphatic carbocycles. The molecule has 0 saturated carbocycles. The summed E-state index contributed by atoms with van der Waals surface area (Å²) in [6, 6.07) is 12.8. The van der Waals surface area contributed by atoms with Gasteiger partial charge in [-0.25, -0.2) is 9.59 Å². The number of carbonyl (C=O) groups is 2. The number of aryl methyl sites for hydroxylation is 1. The molecule has 2 aromatic rings. The first kappa shape index (κ1) is 23.3. The fraction of sp³-hybridized carbons (Fsp3) is 0.364. The van der Waals surface area contributed by atoms with Crippen LogP contribution in [0.1, 0.15) is 18.1 Å². The van der Waals surface area contributed by atoms with Gasteiger partial charge < -0.3 is 24.6 Å². The van der Waals surface area contributed by atoms with Crippen LogP contribution in [-0.4, -0.2) is 49.9 Å². The zero-order valence-electron chi connectivity index (χ0n) is 17.5. The zero-order chi connectivity index (χ0) is 20.8. The van der Waals surface area contributed by atoms with Gasteiger partial charge in [-0.05, 0) is 62.2 Å². The molecular formula is C22H28ClN3O4. The number of hydrogen-bond donors (Lipinski definition) is 1. The number of ether oxygens (including phenoxy) is 2. The van der Waals surface area contributed by atoms with Gasteiger partial charge in [-0.3, -0.25) is 0 Å². The molecule has 1 aliphatic heterocycles. The van der Waals surface area contributed by atoms with E-state index in [2.05, 4.69) is 42.3 Å². The lowest BCUT2D eigenvalue weighted by Crippen LogP contribution is -2.50. The Morgan fingerprint density at radius 1 is 1.00 bits per heavy atom. The molecule has 7 nitrogen and oxygen atoms in total. The molecule has 8 heteroatoms. The number of halogens is 1. The van der Waals surface area contributed by atoms with Gasteiger partial charge >= 0.3 is 12.2 Å². The first-order valence-corrected chi connectivity index (χ1v) is 9.79. The minimum absolute atomic E-state index is 0. The van der Waals surface area contributed by atoms with Gasteiger partial charge in [0.15, 0.2) is 0 Å². The lowest BCUT2D eigenvalue weighted by molar-refractivity contribution is 0.104. The van der Waals surface area contributed by atoms with Crippen LogP contribution in [0.15, 0.2) is 42.5 Å².